The summed E-state index contributed by atoms with van der Waals surface area (Å²) in [7, 11) is -3.72. The topological polar surface area (TPSA) is 88.2 Å². The number of carbonyl (C=O) groups is 2. The Kier molecular flexibility index (Phi) is 7.92. The van der Waals surface area contributed by atoms with Gasteiger partial charge < -0.3 is 9.88 Å². The summed E-state index contributed by atoms with van der Waals surface area (Å²) < 4.78 is 15.6. The molecule has 1 aromatic heterocycles. The van der Waals surface area contributed by atoms with Gasteiger partial charge in [0, 0.05) is 27.7 Å². The maximum atomic E-state index is 15.6. The van der Waals surface area contributed by atoms with Crippen LogP contribution in [-0.4, -0.2) is 16.8 Å². The van der Waals surface area contributed by atoms with Crippen molar-refractivity contribution < 1.29 is 14.2 Å². The molecule has 0 aliphatic heterocycles. The van der Waals surface area contributed by atoms with E-state index in [2.05, 4.69) is 15.6 Å². The van der Waals surface area contributed by atoms with E-state index in [1.807, 2.05) is 54.6 Å². The van der Waals surface area contributed by atoms with Gasteiger partial charge in [-0.1, -0.05) is 109 Å². The molecule has 0 spiro atoms. The maximum Gasteiger partial charge on any atom is 0.274 e. The summed E-state index contributed by atoms with van der Waals surface area (Å²) in [6, 6.07) is 35.7. The largest absolute Gasteiger partial charge is 0.317 e. The van der Waals surface area contributed by atoms with Crippen molar-refractivity contribution >= 4 is 51.3 Å². The Morgan fingerprint density at radius 1 is 0.667 bits per heavy atom. The number of hydrogen-bond donors (Lipinski definition) is 2. The summed E-state index contributed by atoms with van der Waals surface area (Å²) in [4.78, 5) is 31.6. The second-order valence-electron chi connectivity index (χ2n) is 8.48. The van der Waals surface area contributed by atoms with Crippen LogP contribution in [-0.2, 0) is 9.36 Å². The third kappa shape index (κ3) is 5.65. The first-order chi connectivity index (χ1) is 19.1. The van der Waals surface area contributed by atoms with E-state index in [0.717, 1.165) is 0 Å². The summed E-state index contributed by atoms with van der Waals surface area (Å²) in [5, 5.41) is 8.97. The van der Waals surface area contributed by atoms with Crippen LogP contribution in [0.3, 0.4) is 0 Å². The lowest BCUT2D eigenvalue weighted by atomic mass is 10.1. The average Bonchev–Trinajstić information content (AvgIpc) is 3.51. The van der Waals surface area contributed by atoms with Crippen molar-refractivity contribution in [2.75, 3.05) is 5.32 Å². The van der Waals surface area contributed by atoms with Crippen LogP contribution in [0, 0.1) is 0 Å². The third-order valence-corrected chi connectivity index (χ3v) is 9.84. The molecule has 0 atom stereocenters. The van der Waals surface area contributed by atoms with Crippen LogP contribution >= 0.6 is 18.5 Å². The van der Waals surface area contributed by atoms with E-state index in [4.69, 9.17) is 0 Å². The molecular formula is C31H24N3O3PS. The molecule has 0 aliphatic rings. The highest BCUT2D eigenvalue weighted by molar-refractivity contribution is 7.87. The molecule has 1 heterocycles. The quantitative estimate of drug-likeness (QED) is 0.187. The Morgan fingerprint density at radius 2 is 1.15 bits per heavy atom. The first-order valence-electron chi connectivity index (χ1n) is 12.2. The molecule has 0 aliphatic carbocycles. The summed E-state index contributed by atoms with van der Waals surface area (Å²) in [6.45, 7) is 0. The summed E-state index contributed by atoms with van der Waals surface area (Å²) in [5.74, 6) is -1.12. The summed E-state index contributed by atoms with van der Waals surface area (Å²) in [6.07, 6.45) is 1.57. The first-order valence-corrected chi connectivity index (χ1v) is 14.7. The number of aromatic nitrogens is 1. The number of nitrogens with zero attached hydrogens (tertiary/aromatic N) is 1. The van der Waals surface area contributed by atoms with Crippen molar-refractivity contribution in [3.63, 3.8) is 0 Å². The minimum atomic E-state index is -3.72. The van der Waals surface area contributed by atoms with Crippen LogP contribution in [0.2, 0.25) is 0 Å². The van der Waals surface area contributed by atoms with Gasteiger partial charge in [0.2, 0.25) is 0 Å². The predicted octanol–water partition coefficient (Wildman–Crippen LogP) is 5.89. The van der Waals surface area contributed by atoms with Gasteiger partial charge in [-0.3, -0.25) is 14.9 Å². The van der Waals surface area contributed by atoms with Crippen LogP contribution < -0.4 is 21.2 Å². The number of rotatable bonds is 8. The fourth-order valence-corrected chi connectivity index (χ4v) is 7.71. The van der Waals surface area contributed by atoms with Crippen molar-refractivity contribution in [1.82, 2.24) is 10.3 Å². The molecular weight excluding hydrogens is 525 g/mol. The molecule has 2 N–H and O–H groups in total. The number of hydrogen-bond acceptors (Lipinski definition) is 5. The molecule has 39 heavy (non-hydrogen) atoms. The zero-order chi connectivity index (χ0) is 27.1. The lowest BCUT2D eigenvalue weighted by molar-refractivity contribution is -0.113. The van der Waals surface area contributed by atoms with E-state index < -0.39 is 19.0 Å². The summed E-state index contributed by atoms with van der Waals surface area (Å²) >= 11 is 1.24. The van der Waals surface area contributed by atoms with Crippen LogP contribution in [0.4, 0.5) is 5.13 Å². The second-order valence-corrected chi connectivity index (χ2v) is 12.1. The van der Waals surface area contributed by atoms with E-state index in [-0.39, 0.29) is 11.0 Å². The molecule has 2 amide bonds. The molecule has 0 saturated heterocycles. The lowest BCUT2D eigenvalue weighted by Gasteiger charge is -2.26. The molecule has 192 valence electrons. The Hall–Kier alpha value is -4.58. The van der Waals surface area contributed by atoms with E-state index in [9.17, 15) is 9.59 Å². The number of anilines is 1. The van der Waals surface area contributed by atoms with E-state index in [0.29, 0.717) is 26.9 Å². The van der Waals surface area contributed by atoms with Gasteiger partial charge in [0.05, 0.1) is 5.31 Å². The lowest BCUT2D eigenvalue weighted by Crippen LogP contribution is -2.33. The minimum Gasteiger partial charge on any atom is -0.317 e. The van der Waals surface area contributed by atoms with Crippen LogP contribution in [0.25, 0.3) is 5.31 Å². The van der Waals surface area contributed by atoms with Crippen molar-refractivity contribution in [1.29, 1.82) is 0 Å². The predicted molar refractivity (Wildman–Crippen MR) is 158 cm³/mol. The third-order valence-electron chi connectivity index (χ3n) is 5.99. The van der Waals surface area contributed by atoms with Gasteiger partial charge in [-0.25, -0.2) is 4.98 Å². The monoisotopic (exact) mass is 549 g/mol. The van der Waals surface area contributed by atoms with Crippen molar-refractivity contribution in [3.8, 4) is 0 Å². The van der Waals surface area contributed by atoms with E-state index in [1.54, 1.807) is 78.3 Å². The molecule has 4 aromatic carbocycles. The fraction of sp³-hybridized carbons (Fsp3) is 0. The molecule has 0 saturated carbocycles. The highest BCUT2D eigenvalue weighted by Crippen LogP contribution is 2.57. The van der Waals surface area contributed by atoms with Crippen molar-refractivity contribution in [3.05, 3.63) is 150 Å². The Balaban J connectivity index is 1.82. The summed E-state index contributed by atoms with van der Waals surface area (Å²) in [5.41, 5.74) is 0.797. The van der Waals surface area contributed by atoms with Gasteiger partial charge in [0.1, 0.15) is 5.70 Å². The molecule has 8 heteroatoms. The molecule has 0 unspecified atom stereocenters. The maximum absolute atomic E-state index is 15.6. The second kappa shape index (κ2) is 11.9. The standard InChI is InChI=1S/C31H24N3O3PS/c35-29(24-15-7-2-8-16-24)33-27(30(36)34-31-32-21-22-39-31)28(23-13-5-1-6-14-23)38(37,25-17-9-3-10-18-25)26-19-11-4-12-20-26/h1-22H,(H,33,35)(H,32,34,36). The number of nitrogens with one attached hydrogen (secondary N) is 2. The highest BCUT2D eigenvalue weighted by Gasteiger charge is 2.38. The first kappa shape index (κ1) is 26.0. The zero-order valence-corrected chi connectivity index (χ0v) is 22.4. The normalized spacial score (nSPS) is 11.8. The number of carbonyl (C=O) groups excluding carboxylic acids is 2. The fourth-order valence-electron chi connectivity index (χ4n) is 4.21. The smallest absolute Gasteiger partial charge is 0.274 e. The SMILES string of the molecule is O=C(Nc1nccs1)C(NC(=O)c1ccccc1)=C(c1ccccc1)P(=O)(c1ccccc1)c1ccccc1. The molecule has 6 nitrogen and oxygen atoms in total. The van der Waals surface area contributed by atoms with Gasteiger partial charge in [0.25, 0.3) is 11.8 Å². The Bertz CT molecular complexity index is 1600. The van der Waals surface area contributed by atoms with Gasteiger partial charge in [-0.05, 0) is 17.7 Å². The number of amides is 2. The van der Waals surface area contributed by atoms with E-state index in [1.165, 1.54) is 11.3 Å². The van der Waals surface area contributed by atoms with Gasteiger partial charge in [-0.2, -0.15) is 0 Å². The number of thiazole rings is 1. The number of benzene rings is 4. The molecule has 0 radical (unpaired) electrons. The molecule has 5 aromatic rings. The van der Waals surface area contributed by atoms with E-state index >= 15 is 4.57 Å². The van der Waals surface area contributed by atoms with Crippen LogP contribution in [0.15, 0.2) is 139 Å². The van der Waals surface area contributed by atoms with Crippen LogP contribution in [0.1, 0.15) is 15.9 Å². The molecule has 0 bridgehead atoms. The average molecular weight is 550 g/mol. The minimum absolute atomic E-state index is 0.110. The highest BCUT2D eigenvalue weighted by atomic mass is 32.1. The van der Waals surface area contributed by atoms with Gasteiger partial charge in [0.15, 0.2) is 12.3 Å². The van der Waals surface area contributed by atoms with Crippen molar-refractivity contribution in [2.45, 2.75) is 0 Å². The van der Waals surface area contributed by atoms with Crippen LogP contribution in [0.5, 0.6) is 0 Å². The van der Waals surface area contributed by atoms with Crippen molar-refractivity contribution in [2.24, 2.45) is 0 Å². The molecule has 5 rings (SSSR count). The van der Waals surface area contributed by atoms with Gasteiger partial charge >= 0.3 is 0 Å². The van der Waals surface area contributed by atoms with Gasteiger partial charge in [-0.15, -0.1) is 11.3 Å². The Morgan fingerprint density at radius 3 is 1.64 bits per heavy atom. The molecule has 0 fully saturated rings. The Labute approximate surface area is 230 Å². The zero-order valence-electron chi connectivity index (χ0n) is 20.7.